The number of aryl methyl sites for hydroxylation is 2. The maximum Gasteiger partial charge on any atom is 0.0715 e. The van der Waals surface area contributed by atoms with Crippen molar-refractivity contribution in [2.75, 3.05) is 0 Å². The second kappa shape index (κ2) is 4.96. The van der Waals surface area contributed by atoms with Crippen LogP contribution in [0.4, 0.5) is 0 Å². The Labute approximate surface area is 130 Å². The van der Waals surface area contributed by atoms with E-state index in [9.17, 15) is 0 Å². The first kappa shape index (κ1) is 13.0. The van der Waals surface area contributed by atoms with Crippen LogP contribution >= 0.6 is 0 Å². The minimum Gasteiger partial charge on any atom is -0.248 e. The highest BCUT2D eigenvalue weighted by atomic mass is 14.7. The molecule has 0 saturated heterocycles. The third-order valence-electron chi connectivity index (χ3n) is 4.26. The van der Waals surface area contributed by atoms with Crippen molar-refractivity contribution >= 4 is 21.7 Å². The van der Waals surface area contributed by atoms with E-state index in [2.05, 4.69) is 80.6 Å². The highest BCUT2D eigenvalue weighted by Crippen LogP contribution is 2.30. The lowest BCUT2D eigenvalue weighted by molar-refractivity contribution is 1.39. The van der Waals surface area contributed by atoms with Gasteiger partial charge in [-0.2, -0.15) is 0 Å². The van der Waals surface area contributed by atoms with Crippen molar-refractivity contribution in [2.24, 2.45) is 0 Å². The standard InChI is InChI=1S/C21H17N/c1-14-7-11-20-16(13-14)9-12-21(22-20)19-10-8-15(2)17-5-3-4-6-18(17)19/h3-13H,1-2H3. The molecule has 0 aliphatic carbocycles. The molecule has 1 aromatic heterocycles. The number of aromatic nitrogens is 1. The first-order valence-electron chi connectivity index (χ1n) is 7.58. The van der Waals surface area contributed by atoms with E-state index in [1.165, 1.54) is 32.8 Å². The first-order chi connectivity index (χ1) is 10.7. The lowest BCUT2D eigenvalue weighted by atomic mass is 9.98. The molecule has 0 bridgehead atoms. The van der Waals surface area contributed by atoms with Gasteiger partial charge in [0, 0.05) is 10.9 Å². The Bertz CT molecular complexity index is 999. The van der Waals surface area contributed by atoms with Crippen LogP contribution in [0.1, 0.15) is 11.1 Å². The number of nitrogens with zero attached hydrogens (tertiary/aromatic N) is 1. The number of hydrogen-bond acceptors (Lipinski definition) is 1. The van der Waals surface area contributed by atoms with Gasteiger partial charge in [-0.3, -0.25) is 0 Å². The van der Waals surface area contributed by atoms with Crippen molar-refractivity contribution in [3.05, 3.63) is 77.9 Å². The van der Waals surface area contributed by atoms with Gasteiger partial charge >= 0.3 is 0 Å². The Balaban J connectivity index is 1.99. The fourth-order valence-electron chi connectivity index (χ4n) is 3.07. The van der Waals surface area contributed by atoms with Crippen molar-refractivity contribution < 1.29 is 0 Å². The molecule has 106 valence electrons. The topological polar surface area (TPSA) is 12.9 Å². The van der Waals surface area contributed by atoms with Gasteiger partial charge in [0.2, 0.25) is 0 Å². The lowest BCUT2D eigenvalue weighted by Gasteiger charge is -2.09. The summed E-state index contributed by atoms with van der Waals surface area (Å²) >= 11 is 0. The molecule has 0 unspecified atom stereocenters. The predicted molar refractivity (Wildman–Crippen MR) is 94.2 cm³/mol. The number of hydrogen-bond donors (Lipinski definition) is 0. The summed E-state index contributed by atoms with van der Waals surface area (Å²) in [5.74, 6) is 0. The van der Waals surface area contributed by atoms with Gasteiger partial charge in [-0.05, 0) is 48.4 Å². The quantitative estimate of drug-likeness (QED) is 0.438. The molecule has 0 fully saturated rings. The van der Waals surface area contributed by atoms with E-state index in [1.54, 1.807) is 0 Å². The summed E-state index contributed by atoms with van der Waals surface area (Å²) in [5.41, 5.74) is 5.85. The van der Waals surface area contributed by atoms with Crippen LogP contribution in [0.5, 0.6) is 0 Å². The van der Waals surface area contributed by atoms with E-state index < -0.39 is 0 Å². The molecule has 4 aromatic rings. The maximum absolute atomic E-state index is 4.87. The molecule has 0 aliphatic rings. The van der Waals surface area contributed by atoms with Crippen molar-refractivity contribution in [1.29, 1.82) is 0 Å². The summed E-state index contributed by atoms with van der Waals surface area (Å²) in [4.78, 5) is 4.87. The van der Waals surface area contributed by atoms with Crippen molar-refractivity contribution in [3.63, 3.8) is 0 Å². The molecule has 4 rings (SSSR count). The van der Waals surface area contributed by atoms with Crippen molar-refractivity contribution in [3.8, 4) is 11.3 Å². The van der Waals surface area contributed by atoms with Crippen LogP contribution in [0.15, 0.2) is 66.7 Å². The summed E-state index contributed by atoms with van der Waals surface area (Å²) in [5, 5.41) is 3.76. The molecular weight excluding hydrogens is 266 g/mol. The third kappa shape index (κ3) is 2.06. The van der Waals surface area contributed by atoms with Crippen LogP contribution in [0, 0.1) is 13.8 Å². The van der Waals surface area contributed by atoms with Gasteiger partial charge in [-0.15, -0.1) is 0 Å². The molecule has 0 aliphatic heterocycles. The molecule has 1 heteroatoms. The Morgan fingerprint density at radius 1 is 0.727 bits per heavy atom. The number of pyridine rings is 1. The zero-order chi connectivity index (χ0) is 15.1. The van der Waals surface area contributed by atoms with Crippen LogP contribution in [-0.2, 0) is 0 Å². The molecule has 0 atom stereocenters. The smallest absolute Gasteiger partial charge is 0.0715 e. The number of rotatable bonds is 1. The van der Waals surface area contributed by atoms with Crippen LogP contribution in [0.25, 0.3) is 32.9 Å². The normalized spacial score (nSPS) is 11.2. The highest BCUT2D eigenvalue weighted by Gasteiger charge is 2.07. The largest absolute Gasteiger partial charge is 0.248 e. The monoisotopic (exact) mass is 283 g/mol. The average Bonchev–Trinajstić information content (AvgIpc) is 2.55. The summed E-state index contributed by atoms with van der Waals surface area (Å²) in [6.45, 7) is 4.27. The van der Waals surface area contributed by atoms with Gasteiger partial charge in [-0.1, -0.05) is 54.1 Å². The Morgan fingerprint density at radius 3 is 2.41 bits per heavy atom. The Morgan fingerprint density at radius 2 is 1.55 bits per heavy atom. The molecule has 0 N–H and O–H groups in total. The minimum atomic E-state index is 1.03. The molecule has 3 aromatic carbocycles. The van der Waals surface area contributed by atoms with Crippen molar-refractivity contribution in [2.45, 2.75) is 13.8 Å². The van der Waals surface area contributed by atoms with E-state index >= 15 is 0 Å². The summed E-state index contributed by atoms with van der Waals surface area (Å²) in [6, 6.07) is 23.6. The number of benzene rings is 3. The fraction of sp³-hybridized carbons (Fsp3) is 0.0952. The molecule has 1 nitrogen and oxygen atoms in total. The van der Waals surface area contributed by atoms with Gasteiger partial charge in [0.1, 0.15) is 0 Å². The Hall–Kier alpha value is -2.67. The van der Waals surface area contributed by atoms with E-state index in [-0.39, 0.29) is 0 Å². The summed E-state index contributed by atoms with van der Waals surface area (Å²) in [7, 11) is 0. The molecule has 0 spiro atoms. The van der Waals surface area contributed by atoms with Crippen LogP contribution in [0.3, 0.4) is 0 Å². The van der Waals surface area contributed by atoms with Gasteiger partial charge in [0.05, 0.1) is 11.2 Å². The molecule has 22 heavy (non-hydrogen) atoms. The zero-order valence-electron chi connectivity index (χ0n) is 12.8. The summed E-state index contributed by atoms with van der Waals surface area (Å²) in [6.07, 6.45) is 0. The van der Waals surface area contributed by atoms with Gasteiger partial charge < -0.3 is 0 Å². The van der Waals surface area contributed by atoms with Crippen molar-refractivity contribution in [1.82, 2.24) is 4.98 Å². The minimum absolute atomic E-state index is 1.03. The predicted octanol–water partition coefficient (Wildman–Crippen LogP) is 5.67. The van der Waals surface area contributed by atoms with Crippen LogP contribution in [0.2, 0.25) is 0 Å². The first-order valence-corrected chi connectivity index (χ1v) is 7.58. The van der Waals surface area contributed by atoms with Crippen LogP contribution in [-0.4, -0.2) is 4.98 Å². The van der Waals surface area contributed by atoms with Gasteiger partial charge in [0.15, 0.2) is 0 Å². The van der Waals surface area contributed by atoms with Gasteiger partial charge in [-0.25, -0.2) is 4.98 Å². The zero-order valence-corrected chi connectivity index (χ0v) is 12.8. The fourth-order valence-corrected chi connectivity index (χ4v) is 3.07. The van der Waals surface area contributed by atoms with E-state index in [0.29, 0.717) is 0 Å². The highest BCUT2D eigenvalue weighted by molar-refractivity contribution is 5.98. The summed E-state index contributed by atoms with van der Waals surface area (Å²) < 4.78 is 0. The van der Waals surface area contributed by atoms with E-state index in [1.807, 2.05) is 0 Å². The van der Waals surface area contributed by atoms with E-state index in [4.69, 9.17) is 4.98 Å². The SMILES string of the molecule is Cc1ccc2nc(-c3ccc(C)c4ccccc34)ccc2c1. The molecule has 0 amide bonds. The molecule has 0 saturated carbocycles. The molecule has 1 heterocycles. The lowest BCUT2D eigenvalue weighted by Crippen LogP contribution is -1.89. The average molecular weight is 283 g/mol. The van der Waals surface area contributed by atoms with Crippen LogP contribution < -0.4 is 0 Å². The van der Waals surface area contributed by atoms with Gasteiger partial charge in [0.25, 0.3) is 0 Å². The second-order valence-electron chi connectivity index (χ2n) is 5.87. The van der Waals surface area contributed by atoms with E-state index in [0.717, 1.165) is 11.2 Å². The molecular formula is C21H17N. The maximum atomic E-state index is 4.87. The third-order valence-corrected chi connectivity index (χ3v) is 4.26. The Kier molecular flexibility index (Phi) is 2.93. The molecule has 0 radical (unpaired) electrons. The second-order valence-corrected chi connectivity index (χ2v) is 5.87. The number of fused-ring (bicyclic) bond motifs is 2.